The average molecular weight is 779 g/mol. The lowest BCUT2D eigenvalue weighted by atomic mass is 9.85. The minimum Gasteiger partial charge on any atom is -0.471 e. The van der Waals surface area contributed by atoms with Crippen LogP contribution >= 0.6 is 0 Å². The predicted octanol–water partition coefficient (Wildman–Crippen LogP) is 4.61. The molecule has 7 atom stereocenters. The van der Waals surface area contributed by atoms with Crippen LogP contribution in [0.1, 0.15) is 110 Å². The lowest BCUT2D eigenvalue weighted by Crippen LogP contribution is -2.64. The van der Waals surface area contributed by atoms with Crippen molar-refractivity contribution in [3.8, 4) is 5.88 Å². The highest BCUT2D eigenvalue weighted by Gasteiger charge is 2.54. The highest BCUT2D eigenvalue weighted by atomic mass is 32.2. The van der Waals surface area contributed by atoms with Gasteiger partial charge in [0, 0.05) is 12.3 Å². The normalized spacial score (nSPS) is 32.4. The molecule has 55 heavy (non-hydrogen) atoms. The molecule has 14 nitrogen and oxygen atoms in total. The highest BCUT2D eigenvalue weighted by Crippen LogP contribution is 2.42. The number of amides is 4. The minimum atomic E-state index is -4.02. The minimum absolute atomic E-state index is 0.00783. The largest absolute Gasteiger partial charge is 0.471 e. The molecule has 1 aromatic heterocycles. The molecular formula is C40H54N6O8S. The van der Waals surface area contributed by atoms with Crippen molar-refractivity contribution in [2.45, 2.75) is 145 Å². The number of benzene rings is 1. The van der Waals surface area contributed by atoms with Gasteiger partial charge in [-0.25, -0.2) is 23.2 Å². The number of hydrogen-bond acceptors (Lipinski definition) is 10. The van der Waals surface area contributed by atoms with Crippen LogP contribution in [-0.2, 0) is 35.6 Å². The maximum atomic E-state index is 14.6. The number of nitrogens with one attached hydrogen (secondary N) is 3. The van der Waals surface area contributed by atoms with Crippen molar-refractivity contribution in [3.63, 3.8) is 0 Å². The van der Waals surface area contributed by atoms with Gasteiger partial charge in [0.15, 0.2) is 0 Å². The number of fused-ring (bicyclic) bond motifs is 5. The molecule has 2 saturated carbocycles. The van der Waals surface area contributed by atoms with Crippen molar-refractivity contribution in [2.75, 3.05) is 6.54 Å². The Labute approximate surface area is 323 Å². The van der Waals surface area contributed by atoms with Crippen LogP contribution in [0.25, 0.3) is 11.0 Å². The SMILES string of the molecule is C[C@H]1/C=C\CCCCC[C@@H]2NC(=O)O[C@@H]3C[C@H]3CCCCCc3nc4ccccc4nc3O[C@@H]3C[C@@H](C(=O)N[C@@]1(C)C(=O)NS(=O)(=O)C1(C)CC1)N(C3)C2=O. The third kappa shape index (κ3) is 8.61. The van der Waals surface area contributed by atoms with E-state index in [2.05, 4.69) is 15.4 Å². The summed E-state index contributed by atoms with van der Waals surface area (Å²) < 4.78 is 40.1. The van der Waals surface area contributed by atoms with Gasteiger partial charge in [-0.1, -0.05) is 56.9 Å². The Hall–Kier alpha value is -4.27. The molecule has 2 aliphatic carbocycles. The fourth-order valence-electron chi connectivity index (χ4n) is 7.92. The molecule has 7 rings (SSSR count). The van der Waals surface area contributed by atoms with E-state index in [1.807, 2.05) is 36.4 Å². The maximum absolute atomic E-state index is 14.6. The van der Waals surface area contributed by atoms with Gasteiger partial charge in [0.1, 0.15) is 35.5 Å². The summed E-state index contributed by atoms with van der Waals surface area (Å²) in [7, 11) is -4.02. The lowest BCUT2D eigenvalue weighted by molar-refractivity contribution is -0.142. The first-order valence-electron chi connectivity index (χ1n) is 20.0. The van der Waals surface area contributed by atoms with Crippen LogP contribution < -0.4 is 20.1 Å². The molecule has 3 bridgehead atoms. The van der Waals surface area contributed by atoms with Gasteiger partial charge in [0.2, 0.25) is 27.7 Å². The van der Waals surface area contributed by atoms with E-state index in [9.17, 15) is 27.6 Å². The zero-order chi connectivity index (χ0) is 39.0. The van der Waals surface area contributed by atoms with Crippen molar-refractivity contribution in [1.82, 2.24) is 30.2 Å². The number of ether oxygens (including phenoxy) is 2. The van der Waals surface area contributed by atoms with Crippen molar-refractivity contribution in [3.05, 3.63) is 42.1 Å². The smallest absolute Gasteiger partial charge is 0.408 e. The molecule has 0 spiro atoms. The van der Waals surface area contributed by atoms with Crippen molar-refractivity contribution >= 4 is 44.9 Å². The van der Waals surface area contributed by atoms with Gasteiger partial charge in [-0.2, -0.15) is 0 Å². The van der Waals surface area contributed by atoms with Crippen molar-refractivity contribution in [2.24, 2.45) is 11.8 Å². The van der Waals surface area contributed by atoms with E-state index >= 15 is 0 Å². The molecule has 0 unspecified atom stereocenters. The molecule has 4 heterocycles. The van der Waals surface area contributed by atoms with E-state index in [0.29, 0.717) is 55.6 Å². The Balaban J connectivity index is 1.23. The first-order valence-corrected chi connectivity index (χ1v) is 21.5. The second kappa shape index (κ2) is 15.7. The van der Waals surface area contributed by atoms with Crippen LogP contribution in [0.5, 0.6) is 5.88 Å². The number of carbonyl (C=O) groups is 4. The standard InChI is InChI=1S/C40H54N6O8S/c1-25-14-8-5-4-6-10-19-31-36(48)46-24-27(23-32(46)34(47)44-40(25,3)37(49)45-55(51,52)39(2)20-21-39)53-35-30(41-28-16-12-13-17-29(28)42-35)18-11-7-9-15-26-22-33(26)54-38(50)43-31/h8,12-14,16-17,25-27,31-33H,4-7,9-11,15,18-24H2,1-3H3,(H,43,50)(H,44,47)(H,45,49)/b14-8-/t25-,26+,27+,31-,32-,33+,40+/m0/s1. The molecule has 15 heteroatoms. The van der Waals surface area contributed by atoms with E-state index in [1.54, 1.807) is 13.8 Å². The van der Waals surface area contributed by atoms with Crippen LogP contribution in [0, 0.1) is 11.8 Å². The van der Waals surface area contributed by atoms with Gasteiger partial charge in [-0.3, -0.25) is 19.1 Å². The number of hydrogen-bond donors (Lipinski definition) is 3. The first kappa shape index (κ1) is 39.0. The predicted molar refractivity (Wildman–Crippen MR) is 204 cm³/mol. The molecule has 3 aliphatic heterocycles. The van der Waals surface area contributed by atoms with Gasteiger partial charge in [-0.05, 0) is 89.7 Å². The number of allylic oxidation sites excluding steroid dienone is 1. The number of alkyl carbamates (subject to hydrolysis) is 1. The molecule has 1 saturated heterocycles. The monoisotopic (exact) mass is 778 g/mol. The Bertz CT molecular complexity index is 1950. The summed E-state index contributed by atoms with van der Waals surface area (Å²) in [5.41, 5.74) is 0.404. The van der Waals surface area contributed by atoms with Crippen LogP contribution in [0.3, 0.4) is 0 Å². The van der Waals surface area contributed by atoms with Crippen LogP contribution in [0.2, 0.25) is 0 Å². The van der Waals surface area contributed by atoms with E-state index < -0.39 is 68.2 Å². The van der Waals surface area contributed by atoms with Crippen molar-refractivity contribution in [1.29, 1.82) is 0 Å². The molecule has 0 radical (unpaired) electrons. The van der Waals surface area contributed by atoms with E-state index in [1.165, 1.54) is 11.8 Å². The third-order valence-electron chi connectivity index (χ3n) is 12.3. The number of sulfonamides is 1. The topological polar surface area (TPSA) is 186 Å². The van der Waals surface area contributed by atoms with Gasteiger partial charge < -0.3 is 25.0 Å². The summed E-state index contributed by atoms with van der Waals surface area (Å²) in [6.07, 6.45) is 11.5. The molecule has 1 aromatic carbocycles. The number of carbonyl (C=O) groups excluding carboxylic acids is 4. The van der Waals surface area contributed by atoms with E-state index in [4.69, 9.17) is 19.4 Å². The highest BCUT2D eigenvalue weighted by molar-refractivity contribution is 7.91. The molecule has 5 aliphatic rings. The molecule has 3 fully saturated rings. The summed E-state index contributed by atoms with van der Waals surface area (Å²) in [4.78, 5) is 67.6. The summed E-state index contributed by atoms with van der Waals surface area (Å²) in [5.74, 6) is -1.94. The average Bonchev–Trinajstić information content (AvgIpc) is 4.04. The molecule has 298 valence electrons. The second-order valence-corrected chi connectivity index (χ2v) is 18.8. The Morgan fingerprint density at radius 1 is 0.945 bits per heavy atom. The second-order valence-electron chi connectivity index (χ2n) is 16.6. The number of aromatic nitrogens is 2. The maximum Gasteiger partial charge on any atom is 0.408 e. The molecular weight excluding hydrogens is 725 g/mol. The number of aryl methyl sites for hydroxylation is 1. The summed E-state index contributed by atoms with van der Waals surface area (Å²) in [6, 6.07) is 5.48. The summed E-state index contributed by atoms with van der Waals surface area (Å²) >= 11 is 0. The fraction of sp³-hybridized carbons (Fsp3) is 0.650. The van der Waals surface area contributed by atoms with Gasteiger partial charge in [0.25, 0.3) is 5.91 Å². The van der Waals surface area contributed by atoms with Gasteiger partial charge >= 0.3 is 6.09 Å². The van der Waals surface area contributed by atoms with E-state index in [0.717, 1.165) is 50.5 Å². The van der Waals surface area contributed by atoms with Crippen LogP contribution in [0.4, 0.5) is 4.79 Å². The fourth-order valence-corrected chi connectivity index (χ4v) is 9.26. The van der Waals surface area contributed by atoms with Gasteiger partial charge in [-0.15, -0.1) is 0 Å². The molecule has 3 N–H and O–H groups in total. The number of nitrogens with zero attached hydrogens (tertiary/aromatic N) is 3. The molecule has 4 amide bonds. The van der Waals surface area contributed by atoms with Crippen LogP contribution in [-0.4, -0.2) is 88.2 Å². The Morgan fingerprint density at radius 2 is 1.67 bits per heavy atom. The first-order chi connectivity index (χ1) is 26.3. The Morgan fingerprint density at radius 3 is 2.44 bits per heavy atom. The van der Waals surface area contributed by atoms with Crippen LogP contribution in [0.15, 0.2) is 36.4 Å². The third-order valence-corrected chi connectivity index (χ3v) is 14.5. The van der Waals surface area contributed by atoms with Gasteiger partial charge in [0.05, 0.1) is 22.3 Å². The lowest BCUT2D eigenvalue weighted by Gasteiger charge is -2.36. The zero-order valence-corrected chi connectivity index (χ0v) is 32.9. The van der Waals surface area contributed by atoms with E-state index in [-0.39, 0.29) is 25.0 Å². The van der Waals surface area contributed by atoms with Crippen molar-refractivity contribution < 1.29 is 37.1 Å². The summed E-state index contributed by atoms with van der Waals surface area (Å²) in [5, 5.41) is 5.73. The number of rotatable bonds is 3. The zero-order valence-electron chi connectivity index (χ0n) is 32.1. The molecule has 2 aromatic rings. The Kier molecular flexibility index (Phi) is 11.1. The quantitative estimate of drug-likeness (QED) is 0.372. The number of para-hydroxylation sites is 2. The summed E-state index contributed by atoms with van der Waals surface area (Å²) in [6.45, 7) is 4.88.